The minimum absolute atomic E-state index is 0.391. The highest BCUT2D eigenvalue weighted by molar-refractivity contribution is 5.97. The Morgan fingerprint density at radius 3 is 2.90 bits per heavy atom. The van der Waals surface area contributed by atoms with E-state index >= 15 is 0 Å². The van der Waals surface area contributed by atoms with E-state index in [1.807, 2.05) is 7.05 Å². The highest BCUT2D eigenvalue weighted by Crippen LogP contribution is 2.48. The van der Waals surface area contributed by atoms with Crippen molar-refractivity contribution < 1.29 is 9.53 Å². The second kappa shape index (κ2) is 5.54. The van der Waals surface area contributed by atoms with Crippen LogP contribution in [-0.4, -0.2) is 31.7 Å². The molecule has 2 bridgehead atoms. The van der Waals surface area contributed by atoms with E-state index in [-0.39, 0.29) is 0 Å². The van der Waals surface area contributed by atoms with Crippen LogP contribution in [0.1, 0.15) is 36.0 Å². The van der Waals surface area contributed by atoms with Crippen LogP contribution in [0.25, 0.3) is 0 Å². The number of anilines is 2. The van der Waals surface area contributed by atoms with Crippen LogP contribution in [0.3, 0.4) is 0 Å². The second-order valence-electron chi connectivity index (χ2n) is 6.40. The number of pyridine rings is 1. The third-order valence-electron chi connectivity index (χ3n) is 5.13. The molecule has 2 aliphatic rings. The Bertz CT molecular complexity index is 546. The number of esters is 1. The van der Waals surface area contributed by atoms with Gasteiger partial charge in [-0.25, -0.2) is 9.78 Å². The number of nitrogens with zero attached hydrogens (tertiary/aromatic N) is 2. The van der Waals surface area contributed by atoms with Crippen molar-refractivity contribution in [3.05, 3.63) is 17.8 Å². The van der Waals surface area contributed by atoms with Gasteiger partial charge in [-0.1, -0.05) is 6.42 Å². The van der Waals surface area contributed by atoms with Gasteiger partial charge < -0.3 is 15.4 Å². The van der Waals surface area contributed by atoms with Gasteiger partial charge in [0, 0.05) is 19.8 Å². The molecular formula is C16H23N3O2. The molecule has 21 heavy (non-hydrogen) atoms. The number of ether oxygens (including phenoxy) is 1. The summed E-state index contributed by atoms with van der Waals surface area (Å²) in [5, 5.41) is 0. The maximum absolute atomic E-state index is 11.7. The molecule has 3 rings (SSSR count). The smallest absolute Gasteiger partial charge is 0.340 e. The molecule has 1 heterocycles. The van der Waals surface area contributed by atoms with Gasteiger partial charge in [0.05, 0.1) is 18.4 Å². The SMILES string of the molecule is COC(=O)c1ccnc(N(C)CC2CC3CCC2C3)c1N. The Labute approximate surface area is 125 Å². The van der Waals surface area contributed by atoms with Gasteiger partial charge in [0.25, 0.3) is 0 Å². The van der Waals surface area contributed by atoms with E-state index < -0.39 is 5.97 Å². The summed E-state index contributed by atoms with van der Waals surface area (Å²) in [6.45, 7) is 0.961. The maximum Gasteiger partial charge on any atom is 0.340 e. The zero-order valence-electron chi connectivity index (χ0n) is 12.7. The Morgan fingerprint density at radius 2 is 2.29 bits per heavy atom. The first-order valence-corrected chi connectivity index (χ1v) is 7.64. The van der Waals surface area contributed by atoms with Crippen molar-refractivity contribution in [2.75, 3.05) is 31.3 Å². The molecule has 2 saturated carbocycles. The Balaban J connectivity index is 1.75. The van der Waals surface area contributed by atoms with Gasteiger partial charge in [-0.15, -0.1) is 0 Å². The molecule has 2 N–H and O–H groups in total. The molecule has 0 spiro atoms. The molecule has 5 heteroatoms. The van der Waals surface area contributed by atoms with Crippen LogP contribution in [0.4, 0.5) is 11.5 Å². The van der Waals surface area contributed by atoms with Crippen molar-refractivity contribution in [3.8, 4) is 0 Å². The molecule has 0 radical (unpaired) electrons. The maximum atomic E-state index is 11.7. The van der Waals surface area contributed by atoms with Crippen LogP contribution in [0.5, 0.6) is 0 Å². The van der Waals surface area contributed by atoms with Crippen molar-refractivity contribution in [2.24, 2.45) is 17.8 Å². The van der Waals surface area contributed by atoms with Gasteiger partial charge in [0.2, 0.25) is 0 Å². The Hall–Kier alpha value is -1.78. The van der Waals surface area contributed by atoms with Crippen LogP contribution in [0.2, 0.25) is 0 Å². The summed E-state index contributed by atoms with van der Waals surface area (Å²) in [6.07, 6.45) is 7.11. The fourth-order valence-corrected chi connectivity index (χ4v) is 4.09. The lowest BCUT2D eigenvalue weighted by Gasteiger charge is -2.28. The van der Waals surface area contributed by atoms with Crippen molar-refractivity contribution >= 4 is 17.5 Å². The lowest BCUT2D eigenvalue weighted by Crippen LogP contribution is -2.30. The quantitative estimate of drug-likeness (QED) is 0.862. The Morgan fingerprint density at radius 1 is 1.48 bits per heavy atom. The van der Waals surface area contributed by atoms with E-state index in [4.69, 9.17) is 10.5 Å². The summed E-state index contributed by atoms with van der Waals surface area (Å²) in [5.41, 5.74) is 6.91. The monoisotopic (exact) mass is 289 g/mol. The zero-order valence-corrected chi connectivity index (χ0v) is 12.7. The number of carbonyl (C=O) groups excluding carboxylic acids is 1. The average Bonchev–Trinajstić information content (AvgIpc) is 3.09. The molecule has 2 aliphatic carbocycles. The summed E-state index contributed by atoms with van der Waals surface area (Å²) in [5.74, 6) is 2.80. The number of rotatable bonds is 4. The lowest BCUT2D eigenvalue weighted by atomic mass is 9.88. The van der Waals surface area contributed by atoms with Gasteiger partial charge >= 0.3 is 5.97 Å². The number of fused-ring (bicyclic) bond motifs is 2. The second-order valence-corrected chi connectivity index (χ2v) is 6.40. The molecule has 3 unspecified atom stereocenters. The number of hydrogen-bond donors (Lipinski definition) is 1. The molecule has 2 fully saturated rings. The average molecular weight is 289 g/mol. The van der Waals surface area contributed by atoms with E-state index in [9.17, 15) is 4.79 Å². The lowest BCUT2D eigenvalue weighted by molar-refractivity contribution is 0.0602. The summed E-state index contributed by atoms with van der Waals surface area (Å²) in [7, 11) is 3.37. The number of nitrogen functional groups attached to an aromatic ring is 1. The standard InChI is InChI=1S/C16H23N3O2/c1-19(9-12-8-10-3-4-11(12)7-10)15-14(17)13(5-6-18-15)16(20)21-2/h5-6,10-12H,3-4,7-9,17H2,1-2H3. The van der Waals surface area contributed by atoms with Gasteiger partial charge in [0.15, 0.2) is 5.82 Å². The number of carbonyl (C=O) groups is 1. The molecule has 0 saturated heterocycles. The highest BCUT2D eigenvalue weighted by Gasteiger charge is 2.39. The van der Waals surface area contributed by atoms with Gasteiger partial charge in [-0.3, -0.25) is 0 Å². The Kier molecular flexibility index (Phi) is 3.74. The van der Waals surface area contributed by atoms with Crippen LogP contribution < -0.4 is 10.6 Å². The van der Waals surface area contributed by atoms with Gasteiger partial charge in [0.1, 0.15) is 0 Å². The third kappa shape index (κ3) is 2.57. The highest BCUT2D eigenvalue weighted by atomic mass is 16.5. The molecule has 0 aromatic carbocycles. The topological polar surface area (TPSA) is 68.5 Å². The number of hydrogen-bond acceptors (Lipinski definition) is 5. The summed E-state index contributed by atoms with van der Waals surface area (Å²) < 4.78 is 4.76. The number of nitrogens with two attached hydrogens (primary N) is 1. The van der Waals surface area contributed by atoms with Gasteiger partial charge in [-0.05, 0) is 43.1 Å². The normalized spacial score (nSPS) is 26.9. The molecule has 1 aromatic rings. The molecule has 0 amide bonds. The molecule has 114 valence electrons. The minimum Gasteiger partial charge on any atom is -0.465 e. The van der Waals surface area contributed by atoms with Crippen molar-refractivity contribution in [2.45, 2.75) is 25.7 Å². The summed E-state index contributed by atoms with van der Waals surface area (Å²) in [4.78, 5) is 18.2. The fraction of sp³-hybridized carbons (Fsp3) is 0.625. The van der Waals surface area contributed by atoms with E-state index in [0.29, 0.717) is 17.1 Å². The van der Waals surface area contributed by atoms with Crippen LogP contribution in [0.15, 0.2) is 12.3 Å². The van der Waals surface area contributed by atoms with Crippen molar-refractivity contribution in [1.29, 1.82) is 0 Å². The van der Waals surface area contributed by atoms with Crippen molar-refractivity contribution in [1.82, 2.24) is 4.98 Å². The summed E-state index contributed by atoms with van der Waals surface area (Å²) in [6, 6.07) is 1.61. The molecule has 3 atom stereocenters. The van der Waals surface area contributed by atoms with E-state index in [1.54, 1.807) is 12.3 Å². The summed E-state index contributed by atoms with van der Waals surface area (Å²) >= 11 is 0. The first-order chi connectivity index (χ1) is 10.1. The van der Waals surface area contributed by atoms with E-state index in [0.717, 1.165) is 24.3 Å². The molecule has 0 aliphatic heterocycles. The van der Waals surface area contributed by atoms with Gasteiger partial charge in [-0.2, -0.15) is 0 Å². The zero-order chi connectivity index (χ0) is 15.0. The van der Waals surface area contributed by atoms with Crippen LogP contribution >= 0.6 is 0 Å². The van der Waals surface area contributed by atoms with Crippen molar-refractivity contribution in [3.63, 3.8) is 0 Å². The first kappa shape index (κ1) is 14.2. The predicted molar refractivity (Wildman–Crippen MR) is 82.2 cm³/mol. The third-order valence-corrected chi connectivity index (χ3v) is 5.13. The molecule has 1 aromatic heterocycles. The fourth-order valence-electron chi connectivity index (χ4n) is 4.09. The number of methoxy groups -OCH3 is 1. The minimum atomic E-state index is -0.413. The van der Waals surface area contributed by atoms with Crippen LogP contribution in [0, 0.1) is 17.8 Å². The van der Waals surface area contributed by atoms with Crippen LogP contribution in [-0.2, 0) is 4.74 Å². The molecule has 5 nitrogen and oxygen atoms in total. The number of aromatic nitrogens is 1. The van der Waals surface area contributed by atoms with E-state index in [1.165, 1.54) is 32.8 Å². The molecular weight excluding hydrogens is 266 g/mol. The first-order valence-electron chi connectivity index (χ1n) is 7.64. The van der Waals surface area contributed by atoms with E-state index in [2.05, 4.69) is 9.88 Å². The predicted octanol–water partition coefficient (Wildman–Crippen LogP) is 2.32. The largest absolute Gasteiger partial charge is 0.465 e.